The second kappa shape index (κ2) is 6.54. The van der Waals surface area contributed by atoms with Gasteiger partial charge in [0.2, 0.25) is 0 Å². The molecule has 2 aliphatic heterocycles. The van der Waals surface area contributed by atoms with Crippen LogP contribution in [0.5, 0.6) is 0 Å². The van der Waals surface area contributed by atoms with Crippen LogP contribution in [-0.2, 0) is 9.53 Å². The number of nitrogens with zero attached hydrogens (tertiary/aromatic N) is 2. The molecule has 0 saturated carbocycles. The number of carbonyl (C=O) groups is 2. The van der Waals surface area contributed by atoms with Crippen LogP contribution in [0.3, 0.4) is 0 Å². The second-order valence-corrected chi connectivity index (χ2v) is 6.13. The first kappa shape index (κ1) is 15.7. The number of amides is 2. The minimum Gasteiger partial charge on any atom is -0.383 e. The summed E-state index contributed by atoms with van der Waals surface area (Å²) < 4.78 is 5.47. The normalized spacial score (nSPS) is 22.3. The maximum atomic E-state index is 12.3. The third-order valence-corrected chi connectivity index (χ3v) is 4.64. The van der Waals surface area contributed by atoms with Crippen molar-refractivity contribution in [3.8, 4) is 0 Å². The SMILES string of the molecule is NC(=O)c1ccc(C2CCN(C(=O)C3CCCO3)CC2)nc1N. The Kier molecular flexibility index (Phi) is 4.47. The summed E-state index contributed by atoms with van der Waals surface area (Å²) >= 11 is 0. The van der Waals surface area contributed by atoms with Gasteiger partial charge in [0.1, 0.15) is 11.9 Å². The molecule has 2 saturated heterocycles. The van der Waals surface area contributed by atoms with E-state index < -0.39 is 5.91 Å². The summed E-state index contributed by atoms with van der Waals surface area (Å²) in [5.74, 6) is -0.0448. The van der Waals surface area contributed by atoms with Crippen molar-refractivity contribution >= 4 is 17.6 Å². The largest absolute Gasteiger partial charge is 0.383 e. The van der Waals surface area contributed by atoms with Gasteiger partial charge in [0, 0.05) is 31.3 Å². The van der Waals surface area contributed by atoms with Crippen molar-refractivity contribution in [1.29, 1.82) is 0 Å². The van der Waals surface area contributed by atoms with Gasteiger partial charge < -0.3 is 21.1 Å². The van der Waals surface area contributed by atoms with E-state index in [0.29, 0.717) is 19.7 Å². The molecular weight excluding hydrogens is 296 g/mol. The molecule has 3 rings (SSSR count). The van der Waals surface area contributed by atoms with E-state index in [-0.39, 0.29) is 29.3 Å². The molecule has 0 bridgehead atoms. The van der Waals surface area contributed by atoms with Crippen LogP contribution in [0.4, 0.5) is 5.82 Å². The van der Waals surface area contributed by atoms with Crippen LogP contribution in [0.1, 0.15) is 47.7 Å². The number of nitrogen functional groups attached to an aromatic ring is 1. The number of hydrogen-bond acceptors (Lipinski definition) is 5. The number of aromatic nitrogens is 1. The van der Waals surface area contributed by atoms with Gasteiger partial charge in [-0.15, -0.1) is 0 Å². The van der Waals surface area contributed by atoms with Crippen molar-refractivity contribution < 1.29 is 14.3 Å². The summed E-state index contributed by atoms with van der Waals surface area (Å²) in [5.41, 5.74) is 12.1. The Balaban J connectivity index is 1.61. The Morgan fingerprint density at radius 1 is 1.22 bits per heavy atom. The molecule has 0 spiro atoms. The fraction of sp³-hybridized carbons (Fsp3) is 0.562. The van der Waals surface area contributed by atoms with E-state index >= 15 is 0 Å². The van der Waals surface area contributed by atoms with Crippen molar-refractivity contribution in [2.75, 3.05) is 25.4 Å². The Morgan fingerprint density at radius 3 is 2.52 bits per heavy atom. The fourth-order valence-electron chi connectivity index (χ4n) is 3.30. The van der Waals surface area contributed by atoms with E-state index in [4.69, 9.17) is 16.2 Å². The topological polar surface area (TPSA) is 112 Å². The van der Waals surface area contributed by atoms with E-state index in [1.54, 1.807) is 12.1 Å². The molecule has 1 aromatic rings. The van der Waals surface area contributed by atoms with E-state index in [9.17, 15) is 9.59 Å². The van der Waals surface area contributed by atoms with Crippen LogP contribution in [0.15, 0.2) is 12.1 Å². The average Bonchev–Trinajstić information content (AvgIpc) is 3.08. The van der Waals surface area contributed by atoms with E-state index in [1.807, 2.05) is 4.90 Å². The minimum atomic E-state index is -0.571. The van der Waals surface area contributed by atoms with Crippen LogP contribution in [-0.4, -0.2) is 47.5 Å². The van der Waals surface area contributed by atoms with Gasteiger partial charge in [-0.25, -0.2) is 4.98 Å². The molecule has 1 aromatic heterocycles. The van der Waals surface area contributed by atoms with Crippen LogP contribution < -0.4 is 11.5 Å². The molecule has 0 aliphatic carbocycles. The van der Waals surface area contributed by atoms with Gasteiger partial charge in [-0.3, -0.25) is 9.59 Å². The number of likely N-dealkylation sites (tertiary alicyclic amines) is 1. The van der Waals surface area contributed by atoms with Gasteiger partial charge in [0.25, 0.3) is 11.8 Å². The van der Waals surface area contributed by atoms with Crippen molar-refractivity contribution in [2.45, 2.75) is 37.7 Å². The standard InChI is InChI=1S/C16H22N4O3/c17-14-11(15(18)21)3-4-12(19-14)10-5-7-20(8-6-10)16(22)13-2-1-9-23-13/h3-4,10,13H,1-2,5-9H2,(H2,17,19)(H2,18,21). The zero-order chi connectivity index (χ0) is 16.4. The molecule has 23 heavy (non-hydrogen) atoms. The zero-order valence-corrected chi connectivity index (χ0v) is 13.0. The molecule has 4 N–H and O–H groups in total. The van der Waals surface area contributed by atoms with Crippen molar-refractivity contribution in [2.24, 2.45) is 5.73 Å². The molecule has 1 atom stereocenters. The number of hydrogen-bond donors (Lipinski definition) is 2. The lowest BCUT2D eigenvalue weighted by atomic mass is 9.92. The monoisotopic (exact) mass is 318 g/mol. The Morgan fingerprint density at radius 2 is 1.96 bits per heavy atom. The lowest BCUT2D eigenvalue weighted by molar-refractivity contribution is -0.142. The van der Waals surface area contributed by atoms with Crippen LogP contribution in [0.2, 0.25) is 0 Å². The number of primary amides is 1. The number of anilines is 1. The summed E-state index contributed by atoms with van der Waals surface area (Å²) in [7, 11) is 0. The third kappa shape index (κ3) is 3.29. The second-order valence-electron chi connectivity index (χ2n) is 6.13. The van der Waals surface area contributed by atoms with Crippen molar-refractivity contribution in [1.82, 2.24) is 9.88 Å². The maximum absolute atomic E-state index is 12.3. The molecule has 2 aliphatic rings. The number of carbonyl (C=O) groups excluding carboxylic acids is 2. The molecule has 7 heteroatoms. The smallest absolute Gasteiger partial charge is 0.252 e. The molecule has 3 heterocycles. The Bertz CT molecular complexity index is 605. The summed E-state index contributed by atoms with van der Waals surface area (Å²) in [4.78, 5) is 29.7. The van der Waals surface area contributed by atoms with Crippen molar-refractivity contribution in [3.63, 3.8) is 0 Å². The number of ether oxygens (including phenoxy) is 1. The molecule has 2 amide bonds. The first-order chi connectivity index (χ1) is 11.1. The molecule has 7 nitrogen and oxygen atoms in total. The highest BCUT2D eigenvalue weighted by atomic mass is 16.5. The van der Waals surface area contributed by atoms with Gasteiger partial charge >= 0.3 is 0 Å². The predicted octanol–water partition coefficient (Wildman–Crippen LogP) is 0.648. The first-order valence-corrected chi connectivity index (χ1v) is 8.03. The molecule has 0 radical (unpaired) electrons. The van der Waals surface area contributed by atoms with Crippen LogP contribution in [0.25, 0.3) is 0 Å². The fourth-order valence-corrected chi connectivity index (χ4v) is 3.30. The van der Waals surface area contributed by atoms with E-state index in [0.717, 1.165) is 31.4 Å². The van der Waals surface area contributed by atoms with Crippen LogP contribution in [0, 0.1) is 0 Å². The average molecular weight is 318 g/mol. The summed E-state index contributed by atoms with van der Waals surface area (Å²) in [5, 5.41) is 0. The molecule has 0 aromatic carbocycles. The number of pyridine rings is 1. The van der Waals surface area contributed by atoms with Crippen molar-refractivity contribution in [3.05, 3.63) is 23.4 Å². The number of piperidine rings is 1. The Hall–Kier alpha value is -2.15. The van der Waals surface area contributed by atoms with Gasteiger partial charge in [-0.2, -0.15) is 0 Å². The third-order valence-electron chi connectivity index (χ3n) is 4.64. The summed E-state index contributed by atoms with van der Waals surface area (Å²) in [6.07, 6.45) is 3.20. The highest BCUT2D eigenvalue weighted by Crippen LogP contribution is 2.29. The lowest BCUT2D eigenvalue weighted by Gasteiger charge is -2.33. The van der Waals surface area contributed by atoms with Gasteiger partial charge in [0.05, 0.1) is 5.56 Å². The highest BCUT2D eigenvalue weighted by molar-refractivity contribution is 5.97. The first-order valence-electron chi connectivity index (χ1n) is 8.03. The predicted molar refractivity (Wildman–Crippen MR) is 84.7 cm³/mol. The number of nitrogens with two attached hydrogens (primary N) is 2. The van der Waals surface area contributed by atoms with Gasteiger partial charge in [0.15, 0.2) is 0 Å². The summed E-state index contributed by atoms with van der Waals surface area (Å²) in [6, 6.07) is 3.43. The summed E-state index contributed by atoms with van der Waals surface area (Å²) in [6.45, 7) is 2.08. The Labute approximate surface area is 135 Å². The molecule has 1 unspecified atom stereocenters. The lowest BCUT2D eigenvalue weighted by Crippen LogP contribution is -2.43. The van der Waals surface area contributed by atoms with Crippen LogP contribution >= 0.6 is 0 Å². The van der Waals surface area contributed by atoms with Gasteiger partial charge in [-0.1, -0.05) is 0 Å². The number of rotatable bonds is 3. The zero-order valence-electron chi connectivity index (χ0n) is 13.0. The maximum Gasteiger partial charge on any atom is 0.252 e. The van der Waals surface area contributed by atoms with E-state index in [1.165, 1.54) is 0 Å². The molecule has 124 valence electrons. The highest BCUT2D eigenvalue weighted by Gasteiger charge is 2.31. The van der Waals surface area contributed by atoms with Gasteiger partial charge in [-0.05, 0) is 37.8 Å². The molecular formula is C16H22N4O3. The quantitative estimate of drug-likeness (QED) is 0.850. The molecule has 2 fully saturated rings. The minimum absolute atomic E-state index is 0.109. The van der Waals surface area contributed by atoms with E-state index in [2.05, 4.69) is 4.98 Å².